The van der Waals surface area contributed by atoms with Crippen molar-refractivity contribution in [3.8, 4) is 17.6 Å². The van der Waals surface area contributed by atoms with Crippen molar-refractivity contribution in [3.05, 3.63) is 22.2 Å². The molecule has 0 aromatic heterocycles. The number of rotatable bonds is 7. The van der Waals surface area contributed by atoms with Gasteiger partial charge < -0.3 is 14.8 Å². The lowest BCUT2D eigenvalue weighted by molar-refractivity contribution is 0.237. The first-order valence-electron chi connectivity index (χ1n) is 6.67. The van der Waals surface area contributed by atoms with Crippen LogP contribution in [0.25, 0.3) is 0 Å². The van der Waals surface area contributed by atoms with Gasteiger partial charge in [0.05, 0.1) is 11.6 Å². The summed E-state index contributed by atoms with van der Waals surface area (Å²) in [5, 5.41) is 12.4. The van der Waals surface area contributed by atoms with E-state index in [0.717, 1.165) is 16.6 Å². The van der Waals surface area contributed by atoms with Crippen molar-refractivity contribution in [3.63, 3.8) is 0 Å². The Bertz CT molecular complexity index is 483. The van der Waals surface area contributed by atoms with E-state index in [-0.39, 0.29) is 0 Å². The average Bonchev–Trinajstić information content (AvgIpc) is 2.43. The highest BCUT2D eigenvalue weighted by Gasteiger charge is 2.16. The molecule has 1 N–H and O–H groups in total. The molecule has 0 saturated heterocycles. The molecular weight excluding hydrogens is 320 g/mol. The van der Waals surface area contributed by atoms with E-state index in [0.29, 0.717) is 24.0 Å². The van der Waals surface area contributed by atoms with Crippen molar-refractivity contribution in [1.82, 2.24) is 5.32 Å². The molecule has 110 valence electrons. The van der Waals surface area contributed by atoms with E-state index < -0.39 is 6.10 Å². The summed E-state index contributed by atoms with van der Waals surface area (Å²) >= 11 is 3.49. The third kappa shape index (κ3) is 4.69. The number of nitrogens with zero attached hydrogens (tertiary/aromatic N) is 1. The largest absolute Gasteiger partial charge is 0.493 e. The molecule has 0 saturated carbocycles. The molecule has 4 nitrogen and oxygen atoms in total. The normalized spacial score (nSPS) is 12.1. The maximum Gasteiger partial charge on any atom is 0.184 e. The van der Waals surface area contributed by atoms with Gasteiger partial charge in [-0.3, -0.25) is 0 Å². The maximum absolute atomic E-state index is 9.00. The average molecular weight is 341 g/mol. The number of hydrogen-bond acceptors (Lipinski definition) is 4. The topological polar surface area (TPSA) is 54.3 Å². The number of hydrogen-bond donors (Lipinski definition) is 1. The van der Waals surface area contributed by atoms with Gasteiger partial charge in [0.1, 0.15) is 6.07 Å². The molecule has 0 aliphatic rings. The van der Waals surface area contributed by atoms with Gasteiger partial charge in [0.25, 0.3) is 0 Å². The quantitative estimate of drug-likeness (QED) is 0.823. The van der Waals surface area contributed by atoms with Crippen LogP contribution in [0, 0.1) is 11.3 Å². The number of benzene rings is 1. The van der Waals surface area contributed by atoms with E-state index in [2.05, 4.69) is 41.2 Å². The van der Waals surface area contributed by atoms with Crippen molar-refractivity contribution in [2.75, 3.05) is 7.11 Å². The Morgan fingerprint density at radius 2 is 2.10 bits per heavy atom. The lowest BCUT2D eigenvalue weighted by atomic mass is 10.2. The van der Waals surface area contributed by atoms with Crippen LogP contribution in [-0.4, -0.2) is 19.3 Å². The minimum absolute atomic E-state index is 0.416. The van der Waals surface area contributed by atoms with E-state index in [1.807, 2.05) is 19.1 Å². The Labute approximate surface area is 129 Å². The first kappa shape index (κ1) is 16.8. The van der Waals surface area contributed by atoms with Crippen LogP contribution in [-0.2, 0) is 6.54 Å². The fourth-order valence-corrected chi connectivity index (χ4v) is 2.24. The molecule has 1 atom stereocenters. The van der Waals surface area contributed by atoms with Crippen molar-refractivity contribution in [2.24, 2.45) is 0 Å². The third-order valence-corrected chi connectivity index (χ3v) is 3.37. The van der Waals surface area contributed by atoms with Gasteiger partial charge in [-0.05, 0) is 40.0 Å². The molecule has 20 heavy (non-hydrogen) atoms. The summed E-state index contributed by atoms with van der Waals surface area (Å²) in [5.74, 6) is 1.21. The highest BCUT2D eigenvalue weighted by atomic mass is 79.9. The Balaban J connectivity index is 2.99. The van der Waals surface area contributed by atoms with Crippen LogP contribution in [0.5, 0.6) is 11.5 Å². The Morgan fingerprint density at radius 3 is 2.60 bits per heavy atom. The molecule has 5 heteroatoms. The summed E-state index contributed by atoms with van der Waals surface area (Å²) in [6.07, 6.45) is 0.155. The number of halogens is 1. The van der Waals surface area contributed by atoms with Crippen LogP contribution >= 0.6 is 15.9 Å². The highest BCUT2D eigenvalue weighted by molar-refractivity contribution is 9.10. The molecule has 0 fully saturated rings. The lowest BCUT2D eigenvalue weighted by Gasteiger charge is -2.17. The number of ether oxygens (including phenoxy) is 2. The summed E-state index contributed by atoms with van der Waals surface area (Å²) in [4.78, 5) is 0. The fourth-order valence-electron chi connectivity index (χ4n) is 1.65. The van der Waals surface area contributed by atoms with Gasteiger partial charge in [0, 0.05) is 12.6 Å². The zero-order valence-corrected chi connectivity index (χ0v) is 14.0. The van der Waals surface area contributed by atoms with Gasteiger partial charge in [-0.2, -0.15) is 5.26 Å². The van der Waals surface area contributed by atoms with Crippen LogP contribution < -0.4 is 14.8 Å². The molecule has 0 aliphatic heterocycles. The number of nitrogens with one attached hydrogen (secondary N) is 1. The van der Waals surface area contributed by atoms with Crippen LogP contribution in [0.15, 0.2) is 16.6 Å². The van der Waals surface area contributed by atoms with Crippen molar-refractivity contribution in [2.45, 2.75) is 45.9 Å². The second kappa shape index (κ2) is 8.13. The zero-order chi connectivity index (χ0) is 15.1. The predicted molar refractivity (Wildman–Crippen MR) is 83.0 cm³/mol. The van der Waals surface area contributed by atoms with Gasteiger partial charge in [-0.15, -0.1) is 0 Å². The highest BCUT2D eigenvalue weighted by Crippen LogP contribution is 2.37. The van der Waals surface area contributed by atoms with E-state index in [4.69, 9.17) is 14.7 Å². The monoisotopic (exact) mass is 340 g/mol. The molecule has 0 amide bonds. The van der Waals surface area contributed by atoms with Crippen LogP contribution in [0.4, 0.5) is 0 Å². The molecule has 0 heterocycles. The summed E-state index contributed by atoms with van der Waals surface area (Å²) in [5.41, 5.74) is 1.10. The minimum Gasteiger partial charge on any atom is -0.493 e. The van der Waals surface area contributed by atoms with Crippen molar-refractivity contribution in [1.29, 1.82) is 5.26 Å². The molecule has 1 unspecified atom stereocenters. The number of nitriles is 1. The van der Waals surface area contributed by atoms with Gasteiger partial charge in [0.2, 0.25) is 0 Å². The van der Waals surface area contributed by atoms with Gasteiger partial charge >= 0.3 is 0 Å². The molecule has 0 bridgehead atoms. The summed E-state index contributed by atoms with van der Waals surface area (Å²) in [7, 11) is 1.60. The maximum atomic E-state index is 9.00. The van der Waals surface area contributed by atoms with E-state index >= 15 is 0 Å². The van der Waals surface area contributed by atoms with Crippen LogP contribution in [0.1, 0.15) is 32.8 Å². The molecule has 1 aromatic rings. The lowest BCUT2D eigenvalue weighted by Crippen LogP contribution is -2.22. The number of methoxy groups -OCH3 is 1. The van der Waals surface area contributed by atoms with E-state index in [9.17, 15) is 0 Å². The summed E-state index contributed by atoms with van der Waals surface area (Å²) < 4.78 is 11.9. The second-order valence-electron chi connectivity index (χ2n) is 4.79. The van der Waals surface area contributed by atoms with Crippen molar-refractivity contribution < 1.29 is 9.47 Å². The first-order valence-corrected chi connectivity index (χ1v) is 7.47. The molecular formula is C15H21BrN2O2. The second-order valence-corrected chi connectivity index (χ2v) is 5.64. The zero-order valence-electron chi connectivity index (χ0n) is 12.4. The first-order chi connectivity index (χ1) is 9.51. The molecule has 0 aliphatic carbocycles. The fraction of sp³-hybridized carbons (Fsp3) is 0.533. The Kier molecular flexibility index (Phi) is 6.83. The Hall–Kier alpha value is -1.25. The molecule has 1 aromatic carbocycles. The van der Waals surface area contributed by atoms with Gasteiger partial charge in [0.15, 0.2) is 17.6 Å². The summed E-state index contributed by atoms with van der Waals surface area (Å²) in [6.45, 7) is 6.86. The molecule has 0 radical (unpaired) electrons. The summed E-state index contributed by atoms with van der Waals surface area (Å²) in [6, 6.07) is 6.45. The predicted octanol–water partition coefficient (Wildman–Crippen LogP) is 3.64. The van der Waals surface area contributed by atoms with E-state index in [1.54, 1.807) is 7.11 Å². The van der Waals surface area contributed by atoms with Crippen LogP contribution in [0.2, 0.25) is 0 Å². The van der Waals surface area contributed by atoms with Crippen molar-refractivity contribution >= 4 is 15.9 Å². The SMILES string of the molecule is CCC(C#N)Oc1c(Br)cc(CNC(C)C)cc1OC. The van der Waals surface area contributed by atoms with Crippen LogP contribution in [0.3, 0.4) is 0 Å². The molecule has 0 spiro atoms. The van der Waals surface area contributed by atoms with E-state index in [1.165, 1.54) is 0 Å². The minimum atomic E-state index is -0.472. The Morgan fingerprint density at radius 1 is 1.40 bits per heavy atom. The van der Waals surface area contributed by atoms with Gasteiger partial charge in [-0.25, -0.2) is 0 Å². The third-order valence-electron chi connectivity index (χ3n) is 2.78. The standard InChI is InChI=1S/C15H21BrN2O2/c1-5-12(8-17)20-15-13(16)6-11(7-14(15)19-4)9-18-10(2)3/h6-7,10,12,18H,5,9H2,1-4H3. The smallest absolute Gasteiger partial charge is 0.184 e. The van der Waals surface area contributed by atoms with Gasteiger partial charge in [-0.1, -0.05) is 20.8 Å². The molecule has 1 rings (SSSR count).